The van der Waals surface area contributed by atoms with Crippen molar-refractivity contribution in [3.8, 4) is 5.75 Å². The molecule has 2 aromatic carbocycles. The van der Waals surface area contributed by atoms with E-state index in [1.54, 1.807) is 24.3 Å². The molecule has 0 spiro atoms. The molecule has 0 aliphatic carbocycles. The monoisotopic (exact) mass is 468 g/mol. The van der Waals surface area contributed by atoms with E-state index in [0.29, 0.717) is 42.2 Å². The molecule has 178 valence electrons. The molecule has 34 heavy (non-hydrogen) atoms. The van der Waals surface area contributed by atoms with Crippen molar-refractivity contribution in [3.63, 3.8) is 0 Å². The molecule has 0 aromatic heterocycles. The average Bonchev–Trinajstić information content (AvgIpc) is 3.20. The molecule has 3 aliphatic rings. The number of ether oxygens (including phenoxy) is 2. The lowest BCUT2D eigenvalue weighted by molar-refractivity contribution is -0.136. The van der Waals surface area contributed by atoms with Crippen LogP contribution >= 0.6 is 0 Å². The largest absolute Gasteiger partial charge is 0.488 e. The lowest BCUT2D eigenvalue weighted by Gasteiger charge is -2.29. The highest BCUT2D eigenvalue weighted by atomic mass is 19.1. The van der Waals surface area contributed by atoms with E-state index in [2.05, 4.69) is 10.2 Å². The summed E-state index contributed by atoms with van der Waals surface area (Å²) in [6, 6.07) is 8.17. The number of nitrogens with zero attached hydrogens (tertiary/aromatic N) is 2. The minimum atomic E-state index is -1.87. The molecule has 2 aromatic rings. The van der Waals surface area contributed by atoms with Crippen LogP contribution in [-0.2, 0) is 34.0 Å². The van der Waals surface area contributed by atoms with Crippen molar-refractivity contribution in [1.29, 1.82) is 0 Å². The van der Waals surface area contributed by atoms with E-state index in [1.165, 1.54) is 6.07 Å². The van der Waals surface area contributed by atoms with E-state index in [9.17, 15) is 18.8 Å². The zero-order valence-electron chi connectivity index (χ0n) is 19.6. The van der Waals surface area contributed by atoms with E-state index in [4.69, 9.17) is 10.8 Å². The highest BCUT2D eigenvalue weighted by Crippen LogP contribution is 2.34. The number of fused-ring (bicyclic) bond motifs is 1. The van der Waals surface area contributed by atoms with Gasteiger partial charge in [0.1, 0.15) is 24.2 Å². The molecule has 3 aliphatic heterocycles. The average molecular weight is 469 g/mol. The predicted octanol–water partition coefficient (Wildman–Crippen LogP) is 2.00. The third-order valence-electron chi connectivity index (χ3n) is 6.37. The first-order valence-corrected chi connectivity index (χ1v) is 11.3. The zero-order chi connectivity index (χ0) is 24.6. The Morgan fingerprint density at radius 1 is 1.18 bits per heavy atom. The number of carbonyl (C=O) groups excluding carboxylic acids is 3. The first-order chi connectivity index (χ1) is 16.8. The molecular weight excluding hydrogens is 441 g/mol. The van der Waals surface area contributed by atoms with Crippen molar-refractivity contribution >= 4 is 17.7 Å². The standard InChI is InChI=1S/C25H26FN3O5/c26-20-12-16(13-28-8-10-33-11-9-28)4-5-17(20)15-34-22-3-1-2-18-19(22)14-29(25(18)32)21-6-7-23(30)27-24(21)31/h1-5,12,21H,6-11,13-15H2,(H,27,30,31)/t21-/m0/s1/i21D. The first kappa shape index (κ1) is 21.2. The lowest BCUT2D eigenvalue weighted by Crippen LogP contribution is -2.52. The van der Waals surface area contributed by atoms with Crippen LogP contribution in [0.3, 0.4) is 0 Å². The van der Waals surface area contributed by atoms with E-state index in [-0.39, 0.29) is 31.8 Å². The van der Waals surface area contributed by atoms with Crippen molar-refractivity contribution < 1.29 is 29.6 Å². The van der Waals surface area contributed by atoms with E-state index in [1.807, 2.05) is 6.07 Å². The summed E-state index contributed by atoms with van der Waals surface area (Å²) in [5.41, 5.74) is 2.13. The zero-order valence-corrected chi connectivity index (χ0v) is 18.6. The van der Waals surface area contributed by atoms with E-state index < -0.39 is 23.7 Å². The van der Waals surface area contributed by atoms with Gasteiger partial charge in [0.25, 0.3) is 5.91 Å². The Kier molecular flexibility index (Phi) is 5.95. The molecule has 9 heteroatoms. The van der Waals surface area contributed by atoms with Crippen molar-refractivity contribution in [2.75, 3.05) is 26.3 Å². The van der Waals surface area contributed by atoms with Gasteiger partial charge in [-0.25, -0.2) is 4.39 Å². The fourth-order valence-corrected chi connectivity index (χ4v) is 4.50. The van der Waals surface area contributed by atoms with Crippen molar-refractivity contribution in [1.82, 2.24) is 15.1 Å². The van der Waals surface area contributed by atoms with Gasteiger partial charge in [0.15, 0.2) is 0 Å². The third kappa shape index (κ3) is 4.53. The lowest BCUT2D eigenvalue weighted by atomic mass is 10.0. The Balaban J connectivity index is 1.28. The highest BCUT2D eigenvalue weighted by Gasteiger charge is 2.40. The van der Waals surface area contributed by atoms with Gasteiger partial charge in [-0.15, -0.1) is 0 Å². The van der Waals surface area contributed by atoms with Gasteiger partial charge in [-0.1, -0.05) is 18.2 Å². The first-order valence-electron chi connectivity index (χ1n) is 11.8. The van der Waals surface area contributed by atoms with E-state index in [0.717, 1.165) is 23.6 Å². The molecule has 0 bridgehead atoms. The van der Waals surface area contributed by atoms with Crippen LogP contribution in [0.25, 0.3) is 0 Å². The van der Waals surface area contributed by atoms with Crippen LogP contribution in [0.15, 0.2) is 36.4 Å². The molecular formula is C25H26FN3O5. The van der Waals surface area contributed by atoms with Crippen LogP contribution < -0.4 is 10.1 Å². The van der Waals surface area contributed by atoms with Crippen molar-refractivity contribution in [2.24, 2.45) is 0 Å². The highest BCUT2D eigenvalue weighted by molar-refractivity contribution is 6.05. The second-order valence-electron chi connectivity index (χ2n) is 8.60. The maximum atomic E-state index is 14.8. The number of nitrogens with one attached hydrogen (secondary N) is 1. The van der Waals surface area contributed by atoms with Gasteiger partial charge >= 0.3 is 0 Å². The van der Waals surface area contributed by atoms with Crippen LogP contribution in [0.4, 0.5) is 4.39 Å². The molecule has 8 nitrogen and oxygen atoms in total. The van der Waals surface area contributed by atoms with Gasteiger partial charge in [-0.2, -0.15) is 0 Å². The molecule has 2 fully saturated rings. The van der Waals surface area contributed by atoms with Crippen molar-refractivity contribution in [2.45, 2.75) is 38.6 Å². The summed E-state index contributed by atoms with van der Waals surface area (Å²) in [7, 11) is 0. The predicted molar refractivity (Wildman–Crippen MR) is 119 cm³/mol. The van der Waals surface area contributed by atoms with E-state index >= 15 is 0 Å². The number of morpholine rings is 1. The summed E-state index contributed by atoms with van der Waals surface area (Å²) in [6.07, 6.45) is -0.0882. The third-order valence-corrected chi connectivity index (χ3v) is 6.37. The Morgan fingerprint density at radius 3 is 2.76 bits per heavy atom. The number of hydrogen-bond donors (Lipinski definition) is 1. The number of rotatable bonds is 6. The van der Waals surface area contributed by atoms with Gasteiger partial charge < -0.3 is 14.4 Å². The Bertz CT molecular complexity index is 1190. The minimum absolute atomic E-state index is 0.00355. The van der Waals surface area contributed by atoms with Crippen LogP contribution in [0.2, 0.25) is 0 Å². The number of halogens is 1. The summed E-state index contributed by atoms with van der Waals surface area (Å²) in [6.45, 7) is 3.61. The Labute approximate surface area is 198 Å². The van der Waals surface area contributed by atoms with Gasteiger partial charge in [0, 0.05) is 42.7 Å². The fraction of sp³-hybridized carbons (Fsp3) is 0.400. The van der Waals surface area contributed by atoms with Crippen LogP contribution in [0, 0.1) is 5.82 Å². The maximum absolute atomic E-state index is 14.8. The Hall–Kier alpha value is -3.30. The maximum Gasteiger partial charge on any atom is 0.255 e. The number of piperidine rings is 1. The van der Waals surface area contributed by atoms with Crippen LogP contribution in [0.5, 0.6) is 5.75 Å². The normalized spacial score (nSPS) is 23.5. The Morgan fingerprint density at radius 2 is 2.00 bits per heavy atom. The topological polar surface area (TPSA) is 88.2 Å². The van der Waals surface area contributed by atoms with Crippen LogP contribution in [-0.4, -0.2) is 59.8 Å². The molecule has 3 amide bonds. The summed E-state index contributed by atoms with van der Waals surface area (Å²) < 4.78 is 34.7. The fourth-order valence-electron chi connectivity index (χ4n) is 4.50. The quantitative estimate of drug-likeness (QED) is 0.653. The number of amides is 3. The number of imide groups is 1. The summed E-state index contributed by atoms with van der Waals surface area (Å²) in [4.78, 5) is 40.3. The molecule has 1 N–H and O–H groups in total. The summed E-state index contributed by atoms with van der Waals surface area (Å²) in [5, 5.41) is 2.15. The summed E-state index contributed by atoms with van der Waals surface area (Å²) >= 11 is 0. The summed E-state index contributed by atoms with van der Waals surface area (Å²) in [5.74, 6) is -1.70. The van der Waals surface area contributed by atoms with Gasteiger partial charge in [0.05, 0.1) is 21.1 Å². The van der Waals surface area contributed by atoms with Gasteiger partial charge in [0.2, 0.25) is 11.8 Å². The smallest absolute Gasteiger partial charge is 0.255 e. The SMILES string of the molecule is [2H][C@]1(N2Cc3c(OCc4ccc(CN5CCOCC5)cc4F)cccc3C2=O)CCC(=O)NC1=O. The molecule has 1 atom stereocenters. The molecule has 0 radical (unpaired) electrons. The number of benzene rings is 2. The number of carbonyl (C=O) groups is 3. The van der Waals surface area contributed by atoms with Crippen molar-refractivity contribution in [3.05, 3.63) is 64.5 Å². The second-order valence-corrected chi connectivity index (χ2v) is 8.60. The molecule has 2 saturated heterocycles. The molecule has 0 saturated carbocycles. The van der Waals surface area contributed by atoms with Crippen LogP contribution in [0.1, 0.15) is 41.3 Å². The van der Waals surface area contributed by atoms with Gasteiger partial charge in [-0.05, 0) is 30.2 Å². The number of hydrogen-bond acceptors (Lipinski definition) is 6. The molecule has 0 unspecified atom stereocenters. The molecule has 5 rings (SSSR count). The van der Waals surface area contributed by atoms with Gasteiger partial charge in [-0.3, -0.25) is 24.6 Å². The second kappa shape index (κ2) is 9.52. The minimum Gasteiger partial charge on any atom is -0.488 e. The molecule has 3 heterocycles.